The second kappa shape index (κ2) is 7.17. The average Bonchev–Trinajstić information content (AvgIpc) is 1.72. The van der Waals surface area contributed by atoms with Crippen molar-refractivity contribution in [2.24, 2.45) is 11.6 Å². The molecule has 4 heteroatoms. The van der Waals surface area contributed by atoms with E-state index in [1.54, 1.807) is 0 Å². The molecule has 0 aliphatic carbocycles. The van der Waals surface area contributed by atoms with Crippen LogP contribution in [0.1, 0.15) is 13.3 Å². The van der Waals surface area contributed by atoms with Crippen molar-refractivity contribution in [3.05, 3.63) is 0 Å². The van der Waals surface area contributed by atoms with E-state index in [4.69, 9.17) is 11.6 Å². The summed E-state index contributed by atoms with van der Waals surface area (Å²) in [4.78, 5) is 4.42. The van der Waals surface area contributed by atoms with E-state index < -0.39 is 0 Å². The molecule has 0 bridgehead atoms. The minimum atomic E-state index is 0. The number of rotatable bonds is 3. The van der Waals surface area contributed by atoms with Crippen molar-refractivity contribution in [3.63, 3.8) is 0 Å². The Hall–Kier alpha value is 0.170. The first-order chi connectivity index (χ1) is 3.35. The molecule has 0 rings (SSSR count). The summed E-state index contributed by atoms with van der Waals surface area (Å²) in [5.41, 5.74) is 5.19. The molecule has 0 aromatic rings. The van der Waals surface area contributed by atoms with Crippen LogP contribution in [0.25, 0.3) is 0 Å². The molecule has 0 aromatic heterocycles. The highest BCUT2D eigenvalue weighted by Gasteiger charge is 1.97. The molecule has 4 N–H and O–H groups in total. The van der Waals surface area contributed by atoms with E-state index in [9.17, 15) is 0 Å². The molecule has 0 saturated heterocycles. The van der Waals surface area contributed by atoms with Crippen LogP contribution in [0.15, 0.2) is 0 Å². The first-order valence-corrected chi connectivity index (χ1v) is 2.40. The Balaban J connectivity index is 0. The molecule has 8 heavy (non-hydrogen) atoms. The molecule has 52 valence electrons. The lowest BCUT2D eigenvalue weighted by atomic mass is 10.3. The Morgan fingerprint density at radius 2 is 2.12 bits per heavy atom. The Bertz CT molecular complexity index is 35.5. The van der Waals surface area contributed by atoms with Gasteiger partial charge in [0.15, 0.2) is 0 Å². The molecule has 3 nitrogen and oxygen atoms in total. The molecule has 1 unspecified atom stereocenters. The smallest absolute Gasteiger partial charge is 0.0906 e. The Morgan fingerprint density at radius 1 is 1.62 bits per heavy atom. The highest BCUT2D eigenvalue weighted by Crippen LogP contribution is 1.87. The first kappa shape index (κ1) is 11.0. The van der Waals surface area contributed by atoms with Gasteiger partial charge in [-0.2, -0.15) is 0 Å². The molecule has 0 amide bonds. The molecular weight excluding hydrogens is 128 g/mol. The van der Waals surface area contributed by atoms with E-state index in [0.717, 1.165) is 6.42 Å². The maximum Gasteiger partial charge on any atom is 0.0906 e. The van der Waals surface area contributed by atoms with Crippen LogP contribution < -0.4 is 11.6 Å². The van der Waals surface area contributed by atoms with Crippen molar-refractivity contribution in [2.45, 2.75) is 19.4 Å². The Labute approximate surface area is 55.7 Å². The van der Waals surface area contributed by atoms with Crippen LogP contribution in [-0.4, -0.2) is 12.6 Å². The number of hydrogen-bond donors (Lipinski definition) is 2. The van der Waals surface area contributed by atoms with Crippen LogP contribution in [0.4, 0.5) is 0 Å². The zero-order valence-electron chi connectivity index (χ0n) is 4.96. The summed E-state index contributed by atoms with van der Waals surface area (Å²) in [6, 6.07) is 0. The summed E-state index contributed by atoms with van der Waals surface area (Å²) in [6.07, 6.45) is 0.924. The van der Waals surface area contributed by atoms with Crippen molar-refractivity contribution >= 4 is 12.4 Å². The van der Waals surface area contributed by atoms with Gasteiger partial charge in [0.1, 0.15) is 0 Å². The maximum absolute atomic E-state index is 5.19. The molecule has 0 fully saturated rings. The van der Waals surface area contributed by atoms with Gasteiger partial charge in [0, 0.05) is 6.54 Å². The second-order valence-electron chi connectivity index (χ2n) is 1.40. The highest BCUT2D eigenvalue weighted by molar-refractivity contribution is 5.85. The second-order valence-corrected chi connectivity index (χ2v) is 1.40. The largest absolute Gasteiger partial charge is 0.328 e. The molecule has 0 aliphatic heterocycles. The monoisotopic (exact) mass is 140 g/mol. The van der Waals surface area contributed by atoms with Gasteiger partial charge in [-0.25, -0.2) is 5.90 Å². The zero-order chi connectivity index (χ0) is 5.70. The van der Waals surface area contributed by atoms with E-state index in [1.165, 1.54) is 0 Å². The van der Waals surface area contributed by atoms with Crippen LogP contribution in [0, 0.1) is 0 Å². The minimum absolute atomic E-state index is 0. The van der Waals surface area contributed by atoms with Gasteiger partial charge in [-0.15, -0.1) is 12.4 Å². The van der Waals surface area contributed by atoms with Crippen LogP contribution in [0.3, 0.4) is 0 Å². The van der Waals surface area contributed by atoms with Crippen molar-refractivity contribution in [2.75, 3.05) is 6.54 Å². The van der Waals surface area contributed by atoms with E-state index >= 15 is 0 Å². The molecule has 0 heterocycles. The van der Waals surface area contributed by atoms with E-state index in [2.05, 4.69) is 4.84 Å². The van der Waals surface area contributed by atoms with E-state index in [-0.39, 0.29) is 18.5 Å². The van der Waals surface area contributed by atoms with Crippen molar-refractivity contribution in [3.8, 4) is 0 Å². The van der Waals surface area contributed by atoms with Crippen LogP contribution in [0.2, 0.25) is 0 Å². The average molecular weight is 141 g/mol. The summed E-state index contributed by atoms with van der Waals surface area (Å²) in [7, 11) is 0. The van der Waals surface area contributed by atoms with Crippen LogP contribution in [0.5, 0.6) is 0 Å². The molecule has 0 aromatic carbocycles. The molecule has 0 saturated carbocycles. The third kappa shape index (κ3) is 4.33. The lowest BCUT2D eigenvalue weighted by Gasteiger charge is -2.06. The predicted octanol–water partition coefficient (Wildman–Crippen LogP) is 0.0358. The summed E-state index contributed by atoms with van der Waals surface area (Å²) in [6.45, 7) is 2.48. The predicted molar refractivity (Wildman–Crippen MR) is 35.7 cm³/mol. The lowest BCUT2D eigenvalue weighted by Crippen LogP contribution is -2.25. The van der Waals surface area contributed by atoms with Gasteiger partial charge in [-0.1, -0.05) is 6.92 Å². The first-order valence-electron chi connectivity index (χ1n) is 2.40. The number of halogens is 1. The van der Waals surface area contributed by atoms with Gasteiger partial charge in [0.25, 0.3) is 0 Å². The quantitative estimate of drug-likeness (QED) is 0.544. The van der Waals surface area contributed by atoms with Gasteiger partial charge in [0.2, 0.25) is 0 Å². The van der Waals surface area contributed by atoms with Gasteiger partial charge in [0.05, 0.1) is 6.10 Å². The highest BCUT2D eigenvalue weighted by atomic mass is 35.5. The molecule has 1 atom stereocenters. The topological polar surface area (TPSA) is 61.3 Å². The lowest BCUT2D eigenvalue weighted by molar-refractivity contribution is 0.0570. The molecular formula is C4H13ClN2O. The summed E-state index contributed by atoms with van der Waals surface area (Å²) < 4.78 is 0. The van der Waals surface area contributed by atoms with Crippen molar-refractivity contribution in [1.82, 2.24) is 0 Å². The van der Waals surface area contributed by atoms with Gasteiger partial charge < -0.3 is 10.6 Å². The Morgan fingerprint density at radius 3 is 2.12 bits per heavy atom. The molecule has 0 aliphatic rings. The minimum Gasteiger partial charge on any atom is -0.328 e. The summed E-state index contributed by atoms with van der Waals surface area (Å²) in [5.74, 6) is 4.81. The van der Waals surface area contributed by atoms with E-state index in [1.807, 2.05) is 6.92 Å². The zero-order valence-corrected chi connectivity index (χ0v) is 5.78. The summed E-state index contributed by atoms with van der Waals surface area (Å²) >= 11 is 0. The van der Waals surface area contributed by atoms with Gasteiger partial charge in [-0.3, -0.25) is 0 Å². The van der Waals surface area contributed by atoms with Crippen molar-refractivity contribution < 1.29 is 4.84 Å². The number of hydrogen-bond acceptors (Lipinski definition) is 3. The van der Waals surface area contributed by atoms with Crippen LogP contribution in [-0.2, 0) is 4.84 Å². The Kier molecular flexibility index (Phi) is 9.89. The van der Waals surface area contributed by atoms with Gasteiger partial charge >= 0.3 is 0 Å². The normalized spacial score (nSPS) is 12.4. The third-order valence-electron chi connectivity index (χ3n) is 0.911. The molecule has 0 spiro atoms. The fraction of sp³-hybridized carbons (Fsp3) is 1.00. The van der Waals surface area contributed by atoms with E-state index in [0.29, 0.717) is 6.54 Å². The fourth-order valence-electron chi connectivity index (χ4n) is 0.318. The van der Waals surface area contributed by atoms with Gasteiger partial charge in [-0.05, 0) is 6.42 Å². The number of nitrogens with two attached hydrogens (primary N) is 2. The third-order valence-corrected chi connectivity index (χ3v) is 0.911. The maximum atomic E-state index is 5.19. The standard InChI is InChI=1S/C4H12N2O.ClH/c1-2-4(3-5)7-6;/h4H,2-3,5-6H2,1H3;1H. The fourth-order valence-corrected chi connectivity index (χ4v) is 0.318. The molecule has 0 radical (unpaired) electrons. The van der Waals surface area contributed by atoms with Crippen molar-refractivity contribution in [1.29, 1.82) is 0 Å². The SMILES string of the molecule is CCC(CN)ON.Cl. The summed E-state index contributed by atoms with van der Waals surface area (Å²) in [5, 5.41) is 0. The van der Waals surface area contributed by atoms with Crippen LogP contribution >= 0.6 is 12.4 Å².